The van der Waals surface area contributed by atoms with Gasteiger partial charge in [-0.15, -0.1) is 10.2 Å². The van der Waals surface area contributed by atoms with Crippen molar-refractivity contribution in [1.82, 2.24) is 30.6 Å². The van der Waals surface area contributed by atoms with Crippen molar-refractivity contribution in [2.45, 2.75) is 88.5 Å². The second-order valence-electron chi connectivity index (χ2n) is 15.8. The first-order valence-electron chi connectivity index (χ1n) is 20.1. The number of benzene rings is 2. The Morgan fingerprint density at radius 3 is 2.17 bits per heavy atom. The number of ether oxygens (including phenoxy) is 2. The first-order chi connectivity index (χ1) is 28.1. The Morgan fingerprint density at radius 1 is 0.810 bits per heavy atom. The van der Waals surface area contributed by atoms with Gasteiger partial charge >= 0.3 is 0 Å². The van der Waals surface area contributed by atoms with Crippen LogP contribution in [0.15, 0.2) is 48.5 Å². The van der Waals surface area contributed by atoms with Gasteiger partial charge in [0.2, 0.25) is 11.8 Å². The van der Waals surface area contributed by atoms with E-state index in [1.54, 1.807) is 42.5 Å². The standard InChI is InChI=1S/C42H45ClN8O7/c43-34-22-31(4-1-26(34)23-44)57-28-5-2-27(3-6-28)45-39(53)35-9-11-37(48-47-35)50-19-13-25(14-20-50)24-49-17-15-29(16-18-49)58-30-7-8-32-33(21-30)42(56)51(41(32)55)36-10-12-38(52)46-40(36)54/h1,4,7-9,11,21-22,25,27-29,36H,2-3,5-6,10,12-20,24H2,(H,45,53)(H,46,52,54). The van der Waals surface area contributed by atoms with Crippen LogP contribution >= 0.6 is 11.6 Å². The maximum Gasteiger partial charge on any atom is 0.272 e. The summed E-state index contributed by atoms with van der Waals surface area (Å²) in [7, 11) is 0. The molecular formula is C42H45ClN8O7. The van der Waals surface area contributed by atoms with Crippen LogP contribution < -0.4 is 25.0 Å². The predicted octanol–water partition coefficient (Wildman–Crippen LogP) is 4.28. The lowest BCUT2D eigenvalue weighted by Gasteiger charge is -2.38. The molecule has 1 saturated carbocycles. The number of hydrogen-bond donors (Lipinski definition) is 2. The van der Waals surface area contributed by atoms with Gasteiger partial charge in [-0.05, 0) is 106 Å². The van der Waals surface area contributed by atoms with Gasteiger partial charge in [0.05, 0.1) is 27.8 Å². The number of aromatic nitrogens is 2. The van der Waals surface area contributed by atoms with Crippen LogP contribution in [-0.4, -0.2) is 107 Å². The number of rotatable bonds is 10. The monoisotopic (exact) mass is 808 g/mol. The molecule has 1 aliphatic carbocycles. The minimum absolute atomic E-state index is 0.0182. The van der Waals surface area contributed by atoms with E-state index >= 15 is 0 Å². The summed E-state index contributed by atoms with van der Waals surface area (Å²) in [5, 5.41) is 23.5. The highest BCUT2D eigenvalue weighted by Crippen LogP contribution is 2.32. The van der Waals surface area contributed by atoms with Crippen LogP contribution in [0.3, 0.4) is 0 Å². The van der Waals surface area contributed by atoms with Crippen molar-refractivity contribution in [2.75, 3.05) is 37.6 Å². The molecule has 5 aliphatic rings. The van der Waals surface area contributed by atoms with Crippen molar-refractivity contribution in [3.05, 3.63) is 75.9 Å². The summed E-state index contributed by atoms with van der Waals surface area (Å²) in [5.74, 6) is 0.148. The number of nitrogens with one attached hydrogen (secondary N) is 2. The molecule has 2 N–H and O–H groups in total. The summed E-state index contributed by atoms with van der Waals surface area (Å²) < 4.78 is 12.4. The second-order valence-corrected chi connectivity index (χ2v) is 16.2. The van der Waals surface area contributed by atoms with E-state index in [2.05, 4.69) is 36.7 Å². The molecular weight excluding hydrogens is 764 g/mol. The Kier molecular flexibility index (Phi) is 11.6. The van der Waals surface area contributed by atoms with Gasteiger partial charge in [-0.1, -0.05) is 11.6 Å². The number of hydrogen-bond acceptors (Lipinski definition) is 12. The highest BCUT2D eigenvalue weighted by atomic mass is 35.5. The number of likely N-dealkylation sites (tertiary alicyclic amines) is 1. The van der Waals surface area contributed by atoms with Gasteiger partial charge in [-0.2, -0.15) is 5.26 Å². The smallest absolute Gasteiger partial charge is 0.272 e. The van der Waals surface area contributed by atoms with Crippen LogP contribution in [0.5, 0.6) is 11.5 Å². The van der Waals surface area contributed by atoms with Gasteiger partial charge in [0.15, 0.2) is 11.5 Å². The zero-order chi connectivity index (χ0) is 40.3. The van der Waals surface area contributed by atoms with Crippen molar-refractivity contribution < 1.29 is 33.4 Å². The fourth-order valence-electron chi connectivity index (χ4n) is 8.69. The number of halogens is 1. The molecule has 0 bridgehead atoms. The fourth-order valence-corrected chi connectivity index (χ4v) is 8.90. The van der Waals surface area contributed by atoms with Gasteiger partial charge in [0.1, 0.15) is 29.7 Å². The molecule has 1 unspecified atom stereocenters. The first-order valence-corrected chi connectivity index (χ1v) is 20.5. The minimum Gasteiger partial charge on any atom is -0.490 e. The van der Waals surface area contributed by atoms with Gasteiger partial charge in [0.25, 0.3) is 17.7 Å². The van der Waals surface area contributed by atoms with Gasteiger partial charge in [-0.25, -0.2) is 0 Å². The number of nitriles is 1. The zero-order valence-electron chi connectivity index (χ0n) is 32.0. The molecule has 1 atom stereocenters. The number of fused-ring (bicyclic) bond motifs is 1. The molecule has 4 aliphatic heterocycles. The topological polar surface area (TPSA) is 187 Å². The Balaban J connectivity index is 0.736. The summed E-state index contributed by atoms with van der Waals surface area (Å²) in [6.07, 6.45) is 7.07. The largest absolute Gasteiger partial charge is 0.490 e. The van der Waals surface area contributed by atoms with Crippen LogP contribution in [-0.2, 0) is 9.59 Å². The Bertz CT molecular complexity index is 2120. The predicted molar refractivity (Wildman–Crippen MR) is 210 cm³/mol. The van der Waals surface area contributed by atoms with Gasteiger partial charge < -0.3 is 24.6 Å². The van der Waals surface area contributed by atoms with Gasteiger partial charge in [0, 0.05) is 51.3 Å². The summed E-state index contributed by atoms with van der Waals surface area (Å²) >= 11 is 6.14. The quantitative estimate of drug-likeness (QED) is 0.277. The lowest BCUT2D eigenvalue weighted by Crippen LogP contribution is -2.54. The van der Waals surface area contributed by atoms with Crippen LogP contribution in [0, 0.1) is 17.2 Å². The Morgan fingerprint density at radius 2 is 1.50 bits per heavy atom. The molecule has 4 fully saturated rings. The van der Waals surface area contributed by atoms with E-state index in [-0.39, 0.29) is 48.1 Å². The molecule has 5 amide bonds. The SMILES string of the molecule is N#Cc1ccc(OC2CCC(NC(=O)c3ccc(N4CCC(CN5CCC(Oc6ccc7c(c6)C(=O)N(C6CCC(=O)NC6=O)C7=O)CC5)CC4)nn3)CC2)cc1Cl. The van der Waals surface area contributed by atoms with Crippen LogP contribution in [0.2, 0.25) is 5.02 Å². The Labute approximate surface area is 341 Å². The highest BCUT2D eigenvalue weighted by Gasteiger charge is 2.45. The molecule has 0 radical (unpaired) electrons. The Hall–Kier alpha value is -5.59. The van der Waals surface area contributed by atoms with E-state index < -0.39 is 29.7 Å². The first kappa shape index (κ1) is 39.2. The average Bonchev–Trinajstić information content (AvgIpc) is 3.47. The summed E-state index contributed by atoms with van der Waals surface area (Å²) in [6, 6.07) is 14.7. The molecule has 0 spiro atoms. The highest BCUT2D eigenvalue weighted by molar-refractivity contribution is 6.31. The molecule has 15 nitrogen and oxygen atoms in total. The molecule has 16 heteroatoms. The number of carbonyl (C=O) groups excluding carboxylic acids is 5. The number of piperidine rings is 3. The summed E-state index contributed by atoms with van der Waals surface area (Å²) in [4.78, 5) is 68.9. The third-order valence-corrected chi connectivity index (χ3v) is 12.3. The molecule has 2 aromatic carbocycles. The molecule has 3 aromatic rings. The minimum atomic E-state index is -0.999. The maximum atomic E-state index is 13.2. The molecule has 1 aromatic heterocycles. The van der Waals surface area contributed by atoms with Gasteiger partial charge in [-0.3, -0.25) is 34.2 Å². The van der Waals surface area contributed by atoms with Crippen LogP contribution in [0.1, 0.15) is 101 Å². The lowest BCUT2D eigenvalue weighted by molar-refractivity contribution is -0.136. The zero-order valence-corrected chi connectivity index (χ0v) is 32.8. The number of anilines is 1. The average molecular weight is 809 g/mol. The van der Waals surface area contributed by atoms with E-state index in [4.69, 9.17) is 26.3 Å². The van der Waals surface area contributed by atoms with Crippen LogP contribution in [0.25, 0.3) is 0 Å². The third-order valence-electron chi connectivity index (χ3n) is 12.0. The van der Waals surface area contributed by atoms with Crippen molar-refractivity contribution in [3.8, 4) is 17.6 Å². The summed E-state index contributed by atoms with van der Waals surface area (Å²) in [5.41, 5.74) is 1.17. The van der Waals surface area contributed by atoms with E-state index in [0.29, 0.717) is 33.7 Å². The van der Waals surface area contributed by atoms with E-state index in [0.717, 1.165) is 94.8 Å². The number of nitrogens with zero attached hydrogens (tertiary/aromatic N) is 6. The number of carbonyl (C=O) groups is 5. The summed E-state index contributed by atoms with van der Waals surface area (Å²) in [6.45, 7) is 4.54. The number of amides is 5. The maximum absolute atomic E-state index is 13.2. The second kappa shape index (κ2) is 17.1. The lowest BCUT2D eigenvalue weighted by atomic mass is 9.92. The third kappa shape index (κ3) is 8.63. The van der Waals surface area contributed by atoms with Crippen LogP contribution in [0.4, 0.5) is 5.82 Å². The number of imide groups is 2. The van der Waals surface area contributed by atoms with Crippen molar-refractivity contribution >= 4 is 47.0 Å². The van der Waals surface area contributed by atoms with Crippen molar-refractivity contribution in [2.24, 2.45) is 5.92 Å². The van der Waals surface area contributed by atoms with E-state index in [9.17, 15) is 24.0 Å². The molecule has 3 saturated heterocycles. The van der Waals surface area contributed by atoms with Crippen molar-refractivity contribution in [1.29, 1.82) is 5.26 Å². The van der Waals surface area contributed by atoms with Crippen molar-refractivity contribution in [3.63, 3.8) is 0 Å². The van der Waals surface area contributed by atoms with E-state index in [1.165, 1.54) is 0 Å². The molecule has 58 heavy (non-hydrogen) atoms. The molecule has 302 valence electrons. The molecule has 5 heterocycles. The fraction of sp³-hybridized carbons (Fsp3) is 0.476. The van der Waals surface area contributed by atoms with E-state index in [1.807, 2.05) is 6.07 Å². The molecule has 8 rings (SSSR count). The normalized spacial score (nSPS) is 23.3.